The van der Waals surface area contributed by atoms with Crippen molar-refractivity contribution in [3.8, 4) is 0 Å². The number of hydrogen-bond acceptors (Lipinski definition) is 3. The number of urea groups is 1. The second kappa shape index (κ2) is 5.14. The maximum absolute atomic E-state index is 12.4. The van der Waals surface area contributed by atoms with E-state index in [4.69, 9.17) is 4.74 Å². The first-order valence-electron chi connectivity index (χ1n) is 6.37. The van der Waals surface area contributed by atoms with Gasteiger partial charge >= 0.3 is 12.0 Å². The van der Waals surface area contributed by atoms with Crippen molar-refractivity contribution in [1.29, 1.82) is 0 Å². The highest BCUT2D eigenvalue weighted by Crippen LogP contribution is 2.25. The highest BCUT2D eigenvalue weighted by Gasteiger charge is 2.42. The Morgan fingerprint density at radius 1 is 1.33 bits per heavy atom. The number of carbonyl (C=O) groups excluding carboxylic acids is 1. The number of rotatable bonds is 2. The standard InChI is InChI=1S/C12H20N2O4/c1-8-4-3-5-13(8)12(17)14-7-9(18-2)6-10(14)11(15)16/h8-10H,3-7H2,1-2H3,(H,15,16). The molecule has 2 amide bonds. The van der Waals surface area contributed by atoms with Gasteiger partial charge in [-0.05, 0) is 19.8 Å². The van der Waals surface area contributed by atoms with Gasteiger partial charge in [-0.15, -0.1) is 0 Å². The lowest BCUT2D eigenvalue weighted by Gasteiger charge is -2.30. The molecule has 0 saturated carbocycles. The third-order valence-electron chi connectivity index (χ3n) is 3.93. The van der Waals surface area contributed by atoms with Crippen molar-refractivity contribution < 1.29 is 19.4 Å². The van der Waals surface area contributed by atoms with Crippen LogP contribution in [0.15, 0.2) is 0 Å². The molecule has 0 bridgehead atoms. The molecule has 0 aromatic rings. The molecule has 3 unspecified atom stereocenters. The molecule has 2 rings (SSSR count). The van der Waals surface area contributed by atoms with E-state index in [1.807, 2.05) is 6.92 Å². The van der Waals surface area contributed by atoms with Crippen molar-refractivity contribution in [3.05, 3.63) is 0 Å². The van der Waals surface area contributed by atoms with Crippen LogP contribution in [0, 0.1) is 0 Å². The molecule has 3 atom stereocenters. The van der Waals surface area contributed by atoms with Crippen LogP contribution in [0.4, 0.5) is 4.79 Å². The Bertz CT molecular complexity index is 347. The maximum Gasteiger partial charge on any atom is 0.326 e. The van der Waals surface area contributed by atoms with Crippen molar-refractivity contribution in [1.82, 2.24) is 9.80 Å². The lowest BCUT2D eigenvalue weighted by atomic mass is 10.2. The van der Waals surface area contributed by atoms with Gasteiger partial charge in [0, 0.05) is 32.7 Å². The predicted molar refractivity (Wildman–Crippen MR) is 64.3 cm³/mol. The molecule has 2 fully saturated rings. The SMILES string of the molecule is COC1CC(C(=O)O)N(C(=O)N2CCCC2C)C1. The Hall–Kier alpha value is -1.30. The zero-order chi connectivity index (χ0) is 13.3. The third kappa shape index (κ3) is 2.29. The van der Waals surface area contributed by atoms with Gasteiger partial charge in [0.25, 0.3) is 0 Å². The number of aliphatic carboxylic acids is 1. The average molecular weight is 256 g/mol. The summed E-state index contributed by atoms with van der Waals surface area (Å²) in [5.74, 6) is -0.949. The van der Waals surface area contributed by atoms with E-state index in [1.54, 1.807) is 12.0 Å². The number of carboxylic acids is 1. The van der Waals surface area contributed by atoms with Crippen molar-refractivity contribution in [2.75, 3.05) is 20.2 Å². The molecule has 2 aliphatic rings. The van der Waals surface area contributed by atoms with Gasteiger partial charge in [-0.2, -0.15) is 0 Å². The first-order valence-corrected chi connectivity index (χ1v) is 6.37. The molecule has 6 heteroatoms. The van der Waals surface area contributed by atoms with Crippen LogP contribution in [0.1, 0.15) is 26.2 Å². The fourth-order valence-corrected chi connectivity index (χ4v) is 2.80. The van der Waals surface area contributed by atoms with Crippen molar-refractivity contribution in [2.24, 2.45) is 0 Å². The monoisotopic (exact) mass is 256 g/mol. The van der Waals surface area contributed by atoms with Crippen molar-refractivity contribution in [2.45, 2.75) is 44.4 Å². The van der Waals surface area contributed by atoms with E-state index in [0.29, 0.717) is 13.0 Å². The van der Waals surface area contributed by atoms with Crippen LogP contribution in [0.25, 0.3) is 0 Å². The second-order valence-electron chi connectivity index (χ2n) is 5.07. The van der Waals surface area contributed by atoms with E-state index < -0.39 is 12.0 Å². The molecule has 0 aromatic heterocycles. The predicted octanol–water partition coefficient (Wildman–Crippen LogP) is 0.765. The summed E-state index contributed by atoms with van der Waals surface area (Å²) in [6.07, 6.45) is 2.18. The van der Waals surface area contributed by atoms with Gasteiger partial charge in [-0.3, -0.25) is 0 Å². The summed E-state index contributed by atoms with van der Waals surface area (Å²) in [5.41, 5.74) is 0. The molecule has 2 aliphatic heterocycles. The van der Waals surface area contributed by atoms with Gasteiger partial charge < -0.3 is 19.6 Å². The number of methoxy groups -OCH3 is 1. The van der Waals surface area contributed by atoms with Crippen LogP contribution in [-0.4, -0.2) is 65.3 Å². The summed E-state index contributed by atoms with van der Waals surface area (Å²) in [6.45, 7) is 3.10. The molecular formula is C12H20N2O4. The Labute approximate surface area is 106 Å². The summed E-state index contributed by atoms with van der Waals surface area (Å²) in [4.78, 5) is 26.8. The van der Waals surface area contributed by atoms with E-state index >= 15 is 0 Å². The highest BCUT2D eigenvalue weighted by atomic mass is 16.5. The molecule has 0 aromatic carbocycles. The Kier molecular flexibility index (Phi) is 3.75. The minimum Gasteiger partial charge on any atom is -0.480 e. The van der Waals surface area contributed by atoms with Crippen molar-refractivity contribution in [3.63, 3.8) is 0 Å². The molecule has 2 heterocycles. The lowest BCUT2D eigenvalue weighted by Crippen LogP contribution is -2.49. The highest BCUT2D eigenvalue weighted by molar-refractivity contribution is 5.83. The largest absolute Gasteiger partial charge is 0.480 e. The topological polar surface area (TPSA) is 70.1 Å². The van der Waals surface area contributed by atoms with Gasteiger partial charge in [0.15, 0.2) is 0 Å². The fourth-order valence-electron chi connectivity index (χ4n) is 2.80. The van der Waals surface area contributed by atoms with Crippen LogP contribution in [0.3, 0.4) is 0 Å². The summed E-state index contributed by atoms with van der Waals surface area (Å²) >= 11 is 0. The smallest absolute Gasteiger partial charge is 0.326 e. The zero-order valence-corrected chi connectivity index (χ0v) is 10.8. The van der Waals surface area contributed by atoms with Crippen molar-refractivity contribution >= 4 is 12.0 Å². The molecule has 2 saturated heterocycles. The summed E-state index contributed by atoms with van der Waals surface area (Å²) in [5, 5.41) is 9.19. The van der Waals surface area contributed by atoms with Crippen LogP contribution in [0.5, 0.6) is 0 Å². The number of hydrogen-bond donors (Lipinski definition) is 1. The van der Waals surface area contributed by atoms with Crippen LogP contribution < -0.4 is 0 Å². The van der Waals surface area contributed by atoms with E-state index in [0.717, 1.165) is 19.4 Å². The van der Waals surface area contributed by atoms with Gasteiger partial charge in [0.05, 0.1) is 6.10 Å². The first-order chi connectivity index (χ1) is 8.54. The van der Waals surface area contributed by atoms with E-state index in [-0.39, 0.29) is 18.2 Å². The summed E-state index contributed by atoms with van der Waals surface area (Å²) in [7, 11) is 1.55. The molecule has 0 radical (unpaired) electrons. The summed E-state index contributed by atoms with van der Waals surface area (Å²) in [6, 6.07) is -0.712. The first kappa shape index (κ1) is 13.1. The molecule has 0 aliphatic carbocycles. The normalized spacial score (nSPS) is 32.0. The quantitative estimate of drug-likeness (QED) is 0.792. The van der Waals surface area contributed by atoms with Gasteiger partial charge in [-0.25, -0.2) is 9.59 Å². The average Bonchev–Trinajstić information content (AvgIpc) is 2.93. The number of likely N-dealkylation sites (tertiary alicyclic amines) is 2. The van der Waals surface area contributed by atoms with Gasteiger partial charge in [-0.1, -0.05) is 0 Å². The number of carbonyl (C=O) groups is 2. The maximum atomic E-state index is 12.4. The molecule has 102 valence electrons. The minimum absolute atomic E-state index is 0.160. The number of nitrogens with zero attached hydrogens (tertiary/aromatic N) is 2. The lowest BCUT2D eigenvalue weighted by molar-refractivity contribution is -0.141. The number of ether oxygens (including phenoxy) is 1. The van der Waals surface area contributed by atoms with Crippen LogP contribution in [-0.2, 0) is 9.53 Å². The van der Waals surface area contributed by atoms with Crippen LogP contribution >= 0.6 is 0 Å². The molecule has 1 N–H and O–H groups in total. The second-order valence-corrected chi connectivity index (χ2v) is 5.07. The van der Waals surface area contributed by atoms with E-state index in [2.05, 4.69) is 0 Å². The minimum atomic E-state index is -0.949. The van der Waals surface area contributed by atoms with Gasteiger partial charge in [0.2, 0.25) is 0 Å². The Morgan fingerprint density at radius 2 is 2.06 bits per heavy atom. The van der Waals surface area contributed by atoms with E-state index in [9.17, 15) is 14.7 Å². The third-order valence-corrected chi connectivity index (χ3v) is 3.93. The number of amides is 2. The molecule has 18 heavy (non-hydrogen) atoms. The molecule has 0 spiro atoms. The van der Waals surface area contributed by atoms with E-state index in [1.165, 1.54) is 4.90 Å². The molecular weight excluding hydrogens is 236 g/mol. The van der Waals surface area contributed by atoms with Gasteiger partial charge in [0.1, 0.15) is 6.04 Å². The number of carboxylic acid groups (broad SMARTS) is 1. The fraction of sp³-hybridized carbons (Fsp3) is 0.833. The Balaban J connectivity index is 2.10. The summed E-state index contributed by atoms with van der Waals surface area (Å²) < 4.78 is 5.19. The van der Waals surface area contributed by atoms with Crippen LogP contribution in [0.2, 0.25) is 0 Å². The molecule has 6 nitrogen and oxygen atoms in total. The Morgan fingerprint density at radius 3 is 2.56 bits per heavy atom. The zero-order valence-electron chi connectivity index (χ0n) is 10.8.